The summed E-state index contributed by atoms with van der Waals surface area (Å²) in [6.45, 7) is 8.08. The Hall–Kier alpha value is -3.37. The molecule has 1 unspecified atom stereocenters. The lowest BCUT2D eigenvalue weighted by atomic mass is 9.97. The zero-order valence-corrected chi connectivity index (χ0v) is 26.9. The topological polar surface area (TPSA) is 81.8 Å². The van der Waals surface area contributed by atoms with Crippen LogP contribution < -0.4 is 4.74 Å². The van der Waals surface area contributed by atoms with Crippen molar-refractivity contribution in [2.75, 3.05) is 46.9 Å². The maximum atomic E-state index is 13.7. The number of fused-ring (bicyclic) bond motifs is 2. The van der Waals surface area contributed by atoms with Crippen molar-refractivity contribution in [2.45, 2.75) is 58.5 Å². The first kappa shape index (κ1) is 29.3. The average Bonchev–Trinajstić information content (AvgIpc) is 3.46. The summed E-state index contributed by atoms with van der Waals surface area (Å²) in [5, 5.41) is 3.41. The Kier molecular flexibility index (Phi) is 8.14. The van der Waals surface area contributed by atoms with Gasteiger partial charge < -0.3 is 28.4 Å². The van der Waals surface area contributed by atoms with Crippen molar-refractivity contribution in [3.63, 3.8) is 0 Å². The number of carbonyl (C=O) groups is 2. The number of likely N-dealkylation sites (tertiary alicyclic amines) is 2. The van der Waals surface area contributed by atoms with Gasteiger partial charge in [0.25, 0.3) is 5.91 Å². The number of carbonyl (C=O) groups excluding carboxylic acids is 2. The molecule has 9 nitrogen and oxygen atoms in total. The van der Waals surface area contributed by atoms with Gasteiger partial charge in [0.05, 0.1) is 31.3 Å². The van der Waals surface area contributed by atoms with Crippen LogP contribution in [0.4, 0.5) is 0 Å². The van der Waals surface area contributed by atoms with Gasteiger partial charge >= 0.3 is 5.97 Å². The molecule has 1 aliphatic carbocycles. The summed E-state index contributed by atoms with van der Waals surface area (Å²) in [5.74, 6) is 2.76. The van der Waals surface area contributed by atoms with E-state index in [2.05, 4.69) is 38.5 Å². The third kappa shape index (κ3) is 5.62. The van der Waals surface area contributed by atoms with E-state index in [1.807, 2.05) is 17.0 Å². The molecule has 44 heavy (non-hydrogen) atoms. The van der Waals surface area contributed by atoms with E-state index in [-0.39, 0.29) is 17.8 Å². The van der Waals surface area contributed by atoms with Crippen LogP contribution in [0.25, 0.3) is 32.8 Å². The lowest BCUT2D eigenvalue weighted by molar-refractivity contribution is -0.147. The third-order valence-corrected chi connectivity index (χ3v) is 10.8. The number of amides is 1. The molecule has 1 amide bonds. The molecule has 2 saturated heterocycles. The predicted molar refractivity (Wildman–Crippen MR) is 173 cm³/mol. The minimum Gasteiger partial charge on any atom is -0.494 e. The fourth-order valence-corrected chi connectivity index (χ4v) is 8.09. The average molecular weight is 618 g/mol. The number of benzene rings is 1. The summed E-state index contributed by atoms with van der Waals surface area (Å²) in [7, 11) is 3.16. The molecule has 0 N–H and O–H groups in total. The molecule has 0 spiro atoms. The van der Waals surface area contributed by atoms with E-state index in [1.165, 1.54) is 30.2 Å². The van der Waals surface area contributed by atoms with E-state index >= 15 is 0 Å². The summed E-state index contributed by atoms with van der Waals surface area (Å²) in [6, 6.07) is 8.36. The Labute approximate surface area is 262 Å². The SMILES string of the molecule is COC(=O)C1CCN(CCn2c(-c3cc4ccsc4n3CC3CC3)nc3cc(C(=O)N4CCCC(C)C4)cc(OC)c32)CC1. The second-order valence-corrected chi connectivity index (χ2v) is 13.9. The molecule has 10 heteroatoms. The van der Waals surface area contributed by atoms with E-state index in [0.717, 1.165) is 94.0 Å². The number of rotatable bonds is 9. The Morgan fingerprint density at radius 2 is 1.82 bits per heavy atom. The van der Waals surface area contributed by atoms with Crippen LogP contribution in [0.1, 0.15) is 55.8 Å². The molecule has 0 bridgehead atoms. The lowest BCUT2D eigenvalue weighted by Gasteiger charge is -2.31. The summed E-state index contributed by atoms with van der Waals surface area (Å²) in [6.07, 6.45) is 6.38. The number of hydrogen-bond acceptors (Lipinski definition) is 7. The molecule has 3 aromatic heterocycles. The molecule has 1 saturated carbocycles. The van der Waals surface area contributed by atoms with Crippen molar-refractivity contribution >= 4 is 44.5 Å². The number of aromatic nitrogens is 3. The number of methoxy groups -OCH3 is 2. The van der Waals surface area contributed by atoms with Crippen molar-refractivity contribution < 1.29 is 19.1 Å². The largest absolute Gasteiger partial charge is 0.494 e. The van der Waals surface area contributed by atoms with Crippen molar-refractivity contribution in [1.82, 2.24) is 23.9 Å². The molecule has 234 valence electrons. The van der Waals surface area contributed by atoms with Crippen LogP contribution in [0.2, 0.25) is 0 Å². The Balaban J connectivity index is 1.28. The molecule has 5 heterocycles. The Morgan fingerprint density at radius 3 is 2.55 bits per heavy atom. The number of piperidine rings is 2. The standard InChI is InChI=1S/C34H43N5O4S/c1-22-5-4-11-37(20-22)32(40)26-17-27-30(29(19-26)42-2)38(15-14-36-12-8-24(9-13-36)34(41)43-3)31(35-27)28-18-25-10-16-44-33(25)39(28)21-23-6-7-23/h10,16-19,22-24H,4-9,11-15,20-21H2,1-3H3. The number of nitrogens with zero attached hydrogens (tertiary/aromatic N) is 5. The van der Waals surface area contributed by atoms with Gasteiger partial charge in [0.2, 0.25) is 0 Å². The van der Waals surface area contributed by atoms with Gasteiger partial charge in [-0.3, -0.25) is 9.59 Å². The molecule has 7 rings (SSSR count). The molecule has 3 fully saturated rings. The minimum atomic E-state index is -0.0990. The summed E-state index contributed by atoms with van der Waals surface area (Å²) < 4.78 is 15.8. The number of esters is 1. The molecule has 3 aliphatic rings. The van der Waals surface area contributed by atoms with Crippen LogP contribution >= 0.6 is 11.3 Å². The number of hydrogen-bond donors (Lipinski definition) is 0. The van der Waals surface area contributed by atoms with Crippen molar-refractivity contribution in [3.8, 4) is 17.3 Å². The van der Waals surface area contributed by atoms with Crippen LogP contribution in [0.3, 0.4) is 0 Å². The highest BCUT2D eigenvalue weighted by Gasteiger charge is 2.30. The van der Waals surface area contributed by atoms with Crippen LogP contribution in [0.15, 0.2) is 29.6 Å². The first-order valence-corrected chi connectivity index (χ1v) is 17.1. The number of imidazole rings is 1. The zero-order valence-electron chi connectivity index (χ0n) is 26.1. The molecule has 1 aromatic carbocycles. The monoisotopic (exact) mass is 617 g/mol. The molecule has 2 aliphatic heterocycles. The molecule has 4 aromatic rings. The number of ether oxygens (including phenoxy) is 2. The van der Waals surface area contributed by atoms with Crippen LogP contribution in [-0.2, 0) is 22.6 Å². The molecule has 0 radical (unpaired) electrons. The normalized spacial score (nSPS) is 20.1. The van der Waals surface area contributed by atoms with Gasteiger partial charge in [0, 0.05) is 43.7 Å². The van der Waals surface area contributed by atoms with Crippen molar-refractivity contribution in [2.24, 2.45) is 17.8 Å². The summed E-state index contributed by atoms with van der Waals surface area (Å²) in [4.78, 5) is 36.8. The van der Waals surface area contributed by atoms with E-state index in [9.17, 15) is 9.59 Å². The summed E-state index contributed by atoms with van der Waals surface area (Å²) in [5.41, 5.74) is 3.48. The summed E-state index contributed by atoms with van der Waals surface area (Å²) >= 11 is 1.79. The van der Waals surface area contributed by atoms with E-state index < -0.39 is 0 Å². The first-order chi connectivity index (χ1) is 21.4. The van der Waals surface area contributed by atoms with Gasteiger partial charge in [0.1, 0.15) is 16.1 Å². The highest BCUT2D eigenvalue weighted by Crippen LogP contribution is 2.40. The van der Waals surface area contributed by atoms with Crippen LogP contribution in [-0.4, -0.2) is 82.7 Å². The maximum Gasteiger partial charge on any atom is 0.308 e. The van der Waals surface area contributed by atoms with Gasteiger partial charge in [-0.15, -0.1) is 11.3 Å². The smallest absolute Gasteiger partial charge is 0.308 e. The first-order valence-electron chi connectivity index (χ1n) is 16.2. The van der Waals surface area contributed by atoms with Gasteiger partial charge in [-0.2, -0.15) is 0 Å². The molecular weight excluding hydrogens is 574 g/mol. The fraction of sp³-hybridized carbons (Fsp3) is 0.559. The van der Waals surface area contributed by atoms with Crippen LogP contribution in [0, 0.1) is 17.8 Å². The van der Waals surface area contributed by atoms with Gasteiger partial charge in [-0.25, -0.2) is 4.98 Å². The van der Waals surface area contributed by atoms with E-state index in [4.69, 9.17) is 14.5 Å². The van der Waals surface area contributed by atoms with E-state index in [1.54, 1.807) is 18.4 Å². The lowest BCUT2D eigenvalue weighted by Crippen LogP contribution is -2.39. The highest BCUT2D eigenvalue weighted by molar-refractivity contribution is 7.16. The predicted octanol–water partition coefficient (Wildman–Crippen LogP) is 5.90. The van der Waals surface area contributed by atoms with Crippen molar-refractivity contribution in [3.05, 3.63) is 35.2 Å². The minimum absolute atomic E-state index is 0.0153. The van der Waals surface area contributed by atoms with Crippen LogP contribution in [0.5, 0.6) is 5.75 Å². The number of thiophene rings is 1. The zero-order chi connectivity index (χ0) is 30.4. The maximum absolute atomic E-state index is 13.7. The second kappa shape index (κ2) is 12.2. The Bertz CT molecular complexity index is 1680. The quantitative estimate of drug-likeness (QED) is 0.218. The highest BCUT2D eigenvalue weighted by atomic mass is 32.1. The molecular formula is C34H43N5O4S. The van der Waals surface area contributed by atoms with Gasteiger partial charge in [-0.05, 0) is 93.1 Å². The van der Waals surface area contributed by atoms with Crippen molar-refractivity contribution in [1.29, 1.82) is 0 Å². The molecule has 1 atom stereocenters. The van der Waals surface area contributed by atoms with Gasteiger partial charge in [-0.1, -0.05) is 6.92 Å². The second-order valence-electron chi connectivity index (χ2n) is 13.0. The third-order valence-electron chi connectivity index (χ3n) is 9.85. The van der Waals surface area contributed by atoms with E-state index in [0.29, 0.717) is 23.1 Å². The van der Waals surface area contributed by atoms with Gasteiger partial charge in [0.15, 0.2) is 5.82 Å². The fourth-order valence-electron chi connectivity index (χ4n) is 7.18. The Morgan fingerprint density at radius 1 is 1.00 bits per heavy atom.